The minimum Gasteiger partial charge on any atom is -0.507 e. The van der Waals surface area contributed by atoms with Gasteiger partial charge in [0, 0.05) is 10.4 Å². The molecular formula is C28H29NO6S. The fourth-order valence-corrected chi connectivity index (χ4v) is 4.79. The van der Waals surface area contributed by atoms with Crippen molar-refractivity contribution in [1.29, 1.82) is 0 Å². The Kier molecular flexibility index (Phi) is 7.64. The van der Waals surface area contributed by atoms with Gasteiger partial charge in [0.25, 0.3) is 11.7 Å². The summed E-state index contributed by atoms with van der Waals surface area (Å²) in [4.78, 5) is 28.9. The third kappa shape index (κ3) is 5.23. The minimum absolute atomic E-state index is 0.0225. The first-order valence-electron chi connectivity index (χ1n) is 11.8. The number of phenols is 1. The predicted molar refractivity (Wildman–Crippen MR) is 138 cm³/mol. The zero-order valence-electron chi connectivity index (χ0n) is 20.4. The molecule has 1 fully saturated rings. The number of aliphatic hydroxyl groups is 1. The molecule has 2 heterocycles. The molecule has 0 radical (unpaired) electrons. The largest absolute Gasteiger partial charge is 0.507 e. The summed E-state index contributed by atoms with van der Waals surface area (Å²) in [6.07, 6.45) is 0. The van der Waals surface area contributed by atoms with E-state index < -0.39 is 17.7 Å². The van der Waals surface area contributed by atoms with Crippen LogP contribution in [-0.4, -0.2) is 40.0 Å². The number of benzene rings is 2. The van der Waals surface area contributed by atoms with E-state index >= 15 is 0 Å². The Labute approximate surface area is 214 Å². The highest BCUT2D eigenvalue weighted by atomic mass is 32.1. The number of ketones is 1. The van der Waals surface area contributed by atoms with Crippen LogP contribution in [0.25, 0.3) is 5.76 Å². The van der Waals surface area contributed by atoms with E-state index in [4.69, 9.17) is 9.47 Å². The molecule has 36 heavy (non-hydrogen) atoms. The van der Waals surface area contributed by atoms with Gasteiger partial charge in [-0.25, -0.2) is 0 Å². The molecule has 3 aromatic rings. The average molecular weight is 508 g/mol. The molecular weight excluding hydrogens is 478 g/mol. The highest BCUT2D eigenvalue weighted by molar-refractivity contribution is 7.09. The van der Waals surface area contributed by atoms with Gasteiger partial charge >= 0.3 is 0 Å². The van der Waals surface area contributed by atoms with Crippen molar-refractivity contribution < 1.29 is 29.3 Å². The number of likely N-dealkylation sites (tertiary alicyclic amines) is 1. The quantitative estimate of drug-likeness (QED) is 0.225. The number of aromatic hydroxyl groups is 1. The van der Waals surface area contributed by atoms with Gasteiger partial charge in [0.1, 0.15) is 11.5 Å². The highest BCUT2D eigenvalue weighted by Gasteiger charge is 2.46. The second-order valence-electron chi connectivity index (χ2n) is 8.90. The van der Waals surface area contributed by atoms with Gasteiger partial charge in [-0.2, -0.15) is 0 Å². The molecule has 4 rings (SSSR count). The molecule has 7 nitrogen and oxygen atoms in total. The topological polar surface area (TPSA) is 96.3 Å². The van der Waals surface area contributed by atoms with Crippen molar-refractivity contribution in [3.8, 4) is 17.2 Å². The molecule has 1 saturated heterocycles. The lowest BCUT2D eigenvalue weighted by Gasteiger charge is -2.25. The normalized spacial score (nSPS) is 17.1. The smallest absolute Gasteiger partial charge is 0.295 e. The number of thiophene rings is 1. The number of hydrogen-bond donors (Lipinski definition) is 2. The standard InChI is InChI=1S/C28H29NO6S/c1-4-34-23-14-18(10-11-22(23)30)25-24(27(32)28(33)29(25)15-21-9-6-12-36-21)26(31)19-7-5-8-20(13-19)35-16-17(2)3/h5-14,17,25,30-31H,4,15-16H2,1-3H3/b26-24-. The molecule has 2 aromatic carbocycles. The number of phenolic OH excluding ortho intramolecular Hbond substituents is 1. The van der Waals surface area contributed by atoms with Crippen molar-refractivity contribution >= 4 is 28.8 Å². The Balaban J connectivity index is 1.83. The second kappa shape index (κ2) is 10.9. The lowest BCUT2D eigenvalue weighted by Crippen LogP contribution is -2.28. The van der Waals surface area contributed by atoms with Gasteiger partial charge in [0.15, 0.2) is 11.5 Å². The maximum Gasteiger partial charge on any atom is 0.295 e. The number of ether oxygens (including phenoxy) is 2. The first-order valence-corrected chi connectivity index (χ1v) is 12.7. The molecule has 1 atom stereocenters. The summed E-state index contributed by atoms with van der Waals surface area (Å²) >= 11 is 1.47. The highest BCUT2D eigenvalue weighted by Crippen LogP contribution is 2.43. The average Bonchev–Trinajstić information content (AvgIpc) is 3.46. The molecule has 1 aliphatic heterocycles. The SMILES string of the molecule is CCOc1cc(C2/C(=C(/O)c3cccc(OCC(C)C)c3)C(=O)C(=O)N2Cc2cccs2)ccc1O. The second-order valence-corrected chi connectivity index (χ2v) is 9.93. The monoisotopic (exact) mass is 507 g/mol. The Hall–Kier alpha value is -3.78. The number of hydrogen-bond acceptors (Lipinski definition) is 7. The molecule has 0 spiro atoms. The fraction of sp³-hybridized carbons (Fsp3) is 0.286. The van der Waals surface area contributed by atoms with E-state index in [1.165, 1.54) is 22.3 Å². The van der Waals surface area contributed by atoms with Crippen LogP contribution in [0.5, 0.6) is 17.2 Å². The minimum atomic E-state index is -0.868. The molecule has 188 valence electrons. The molecule has 8 heteroatoms. The molecule has 1 aliphatic rings. The van der Waals surface area contributed by atoms with Crippen LogP contribution in [0.15, 0.2) is 65.6 Å². The van der Waals surface area contributed by atoms with Crippen LogP contribution in [0.3, 0.4) is 0 Å². The molecule has 0 saturated carbocycles. The van der Waals surface area contributed by atoms with E-state index in [1.54, 1.807) is 43.3 Å². The number of amides is 1. The Morgan fingerprint density at radius 3 is 2.58 bits per heavy atom. The number of carbonyl (C=O) groups is 2. The van der Waals surface area contributed by atoms with Gasteiger partial charge in [-0.3, -0.25) is 9.59 Å². The molecule has 1 unspecified atom stereocenters. The number of Topliss-reactive ketones (excluding diaryl/α,β-unsaturated/α-hetero) is 1. The van der Waals surface area contributed by atoms with Crippen molar-refractivity contribution in [2.24, 2.45) is 5.92 Å². The van der Waals surface area contributed by atoms with Crippen molar-refractivity contribution in [2.75, 3.05) is 13.2 Å². The third-order valence-electron chi connectivity index (χ3n) is 5.74. The van der Waals surface area contributed by atoms with Gasteiger partial charge in [0.05, 0.1) is 31.4 Å². The van der Waals surface area contributed by atoms with Crippen molar-refractivity contribution in [2.45, 2.75) is 33.4 Å². The van der Waals surface area contributed by atoms with Gasteiger partial charge in [-0.1, -0.05) is 38.1 Å². The summed E-state index contributed by atoms with van der Waals surface area (Å²) in [7, 11) is 0. The van der Waals surface area contributed by atoms with Crippen LogP contribution in [0.4, 0.5) is 0 Å². The molecule has 0 bridgehead atoms. The summed E-state index contributed by atoms with van der Waals surface area (Å²) < 4.78 is 11.3. The zero-order chi connectivity index (χ0) is 25.8. The van der Waals surface area contributed by atoms with E-state index in [-0.39, 0.29) is 29.4 Å². The predicted octanol–water partition coefficient (Wildman–Crippen LogP) is 5.51. The van der Waals surface area contributed by atoms with E-state index in [2.05, 4.69) is 0 Å². The summed E-state index contributed by atoms with van der Waals surface area (Å²) in [6, 6.07) is 14.4. The van der Waals surface area contributed by atoms with E-state index in [0.717, 1.165) is 4.88 Å². The Morgan fingerprint density at radius 1 is 1.08 bits per heavy atom. The van der Waals surface area contributed by atoms with Crippen LogP contribution < -0.4 is 9.47 Å². The maximum atomic E-state index is 13.3. The lowest BCUT2D eigenvalue weighted by molar-refractivity contribution is -0.140. The first kappa shape index (κ1) is 25.3. The van der Waals surface area contributed by atoms with Gasteiger partial charge in [-0.15, -0.1) is 11.3 Å². The molecule has 1 aromatic heterocycles. The van der Waals surface area contributed by atoms with Crippen LogP contribution in [0, 0.1) is 5.92 Å². The fourth-order valence-electron chi connectivity index (χ4n) is 4.08. The van der Waals surface area contributed by atoms with E-state index in [9.17, 15) is 19.8 Å². The number of rotatable bonds is 9. The van der Waals surface area contributed by atoms with E-state index in [1.807, 2.05) is 31.4 Å². The lowest BCUT2D eigenvalue weighted by atomic mass is 9.95. The first-order chi connectivity index (χ1) is 17.3. The summed E-state index contributed by atoms with van der Waals surface area (Å²) in [5, 5.41) is 23.5. The zero-order valence-corrected chi connectivity index (χ0v) is 21.2. The van der Waals surface area contributed by atoms with Crippen molar-refractivity contribution in [3.05, 3.63) is 81.6 Å². The van der Waals surface area contributed by atoms with Gasteiger partial charge < -0.3 is 24.6 Å². The van der Waals surface area contributed by atoms with Gasteiger partial charge in [0.2, 0.25) is 0 Å². The molecule has 2 N–H and O–H groups in total. The summed E-state index contributed by atoms with van der Waals surface area (Å²) in [5.74, 6) is -0.694. The summed E-state index contributed by atoms with van der Waals surface area (Å²) in [6.45, 7) is 6.90. The van der Waals surface area contributed by atoms with Crippen LogP contribution >= 0.6 is 11.3 Å². The number of carbonyl (C=O) groups excluding carboxylic acids is 2. The number of aliphatic hydroxyl groups excluding tert-OH is 1. The summed E-state index contributed by atoms with van der Waals surface area (Å²) in [5.41, 5.74) is 0.894. The van der Waals surface area contributed by atoms with Gasteiger partial charge in [-0.05, 0) is 54.1 Å². The van der Waals surface area contributed by atoms with Crippen molar-refractivity contribution in [3.63, 3.8) is 0 Å². The Bertz CT molecular complexity index is 1280. The molecule has 1 amide bonds. The van der Waals surface area contributed by atoms with Crippen molar-refractivity contribution in [1.82, 2.24) is 4.90 Å². The van der Waals surface area contributed by atoms with E-state index in [0.29, 0.717) is 36.0 Å². The van der Waals surface area contributed by atoms with Crippen LogP contribution in [0.2, 0.25) is 0 Å². The molecule has 0 aliphatic carbocycles. The Morgan fingerprint density at radius 2 is 1.89 bits per heavy atom. The number of nitrogens with zero attached hydrogens (tertiary/aromatic N) is 1. The van der Waals surface area contributed by atoms with Crippen LogP contribution in [0.1, 0.15) is 42.8 Å². The third-order valence-corrected chi connectivity index (χ3v) is 6.60. The van der Waals surface area contributed by atoms with Crippen LogP contribution in [-0.2, 0) is 16.1 Å². The maximum absolute atomic E-state index is 13.3.